The van der Waals surface area contributed by atoms with Crippen molar-refractivity contribution in [3.63, 3.8) is 0 Å². The molecular weight excluding hydrogens is 440 g/mol. The number of amides is 3. The zero-order chi connectivity index (χ0) is 23.7. The van der Waals surface area contributed by atoms with E-state index in [2.05, 4.69) is 25.8 Å². The molecule has 1 aliphatic carbocycles. The van der Waals surface area contributed by atoms with Crippen LogP contribution >= 0.6 is 11.3 Å². The van der Waals surface area contributed by atoms with Gasteiger partial charge < -0.3 is 15.0 Å². The minimum Gasteiger partial charge on any atom is -0.444 e. The van der Waals surface area contributed by atoms with E-state index in [1.165, 1.54) is 30.6 Å². The molecule has 180 valence electrons. The molecule has 2 aromatic rings. The first-order valence-corrected chi connectivity index (χ1v) is 12.4. The highest BCUT2D eigenvalue weighted by atomic mass is 32.1. The molecule has 0 radical (unpaired) electrons. The van der Waals surface area contributed by atoms with Crippen molar-refractivity contribution in [3.05, 3.63) is 35.1 Å². The lowest BCUT2D eigenvalue weighted by Gasteiger charge is -2.27. The maximum absolute atomic E-state index is 12.6. The van der Waals surface area contributed by atoms with Crippen molar-refractivity contribution in [2.45, 2.75) is 77.4 Å². The molecule has 3 amide bonds. The third-order valence-corrected chi connectivity index (χ3v) is 6.25. The van der Waals surface area contributed by atoms with Gasteiger partial charge in [0, 0.05) is 31.4 Å². The monoisotopic (exact) mass is 474 g/mol. The van der Waals surface area contributed by atoms with Gasteiger partial charge in [-0.3, -0.25) is 10.3 Å². The van der Waals surface area contributed by atoms with Gasteiger partial charge >= 0.3 is 12.1 Å². The number of anilines is 1. The molecule has 0 spiro atoms. The average Bonchev–Trinajstić information content (AvgIpc) is 3.24. The molecule has 1 saturated carbocycles. The van der Waals surface area contributed by atoms with Crippen LogP contribution in [0.2, 0.25) is 0 Å². The molecule has 2 N–H and O–H groups in total. The smallest absolute Gasteiger partial charge is 0.410 e. The van der Waals surface area contributed by atoms with Crippen LogP contribution in [-0.4, -0.2) is 50.9 Å². The van der Waals surface area contributed by atoms with Gasteiger partial charge in [0.15, 0.2) is 0 Å². The van der Waals surface area contributed by atoms with E-state index in [1.54, 1.807) is 17.3 Å². The van der Waals surface area contributed by atoms with E-state index >= 15 is 0 Å². The van der Waals surface area contributed by atoms with Gasteiger partial charge in [0.1, 0.15) is 10.6 Å². The van der Waals surface area contributed by atoms with Gasteiger partial charge in [0.25, 0.3) is 0 Å². The summed E-state index contributed by atoms with van der Waals surface area (Å²) in [5, 5.41) is 15.5. The van der Waals surface area contributed by atoms with Gasteiger partial charge in [0.2, 0.25) is 5.13 Å². The van der Waals surface area contributed by atoms with Crippen LogP contribution in [0, 0.1) is 0 Å². The molecule has 0 aromatic carbocycles. The Balaban J connectivity index is 1.44. The molecule has 1 aliphatic rings. The fourth-order valence-electron chi connectivity index (χ4n) is 3.69. The van der Waals surface area contributed by atoms with E-state index in [9.17, 15) is 9.59 Å². The summed E-state index contributed by atoms with van der Waals surface area (Å²) in [4.78, 5) is 30.6. The predicted octanol–water partition coefficient (Wildman–Crippen LogP) is 4.93. The first-order chi connectivity index (χ1) is 15.8. The lowest BCUT2D eigenvalue weighted by molar-refractivity contribution is 0.0232. The summed E-state index contributed by atoms with van der Waals surface area (Å²) in [6.45, 7) is 6.76. The molecule has 2 heterocycles. The van der Waals surface area contributed by atoms with E-state index in [1.807, 2.05) is 32.9 Å². The molecular formula is C23H34N6O3S. The quantitative estimate of drug-likeness (QED) is 0.525. The third-order valence-electron chi connectivity index (χ3n) is 5.25. The number of pyridine rings is 1. The van der Waals surface area contributed by atoms with Crippen LogP contribution in [0.3, 0.4) is 0 Å². The molecule has 0 unspecified atom stereocenters. The molecule has 0 atom stereocenters. The summed E-state index contributed by atoms with van der Waals surface area (Å²) in [5.74, 6) is 0.466. The van der Waals surface area contributed by atoms with Crippen LogP contribution in [-0.2, 0) is 11.3 Å². The number of hydrogen-bond acceptors (Lipinski definition) is 7. The van der Waals surface area contributed by atoms with Gasteiger partial charge in [-0.05, 0) is 51.7 Å². The third kappa shape index (κ3) is 8.60. The summed E-state index contributed by atoms with van der Waals surface area (Å²) in [6, 6.07) is 3.43. The molecule has 9 nitrogen and oxygen atoms in total. The van der Waals surface area contributed by atoms with Crippen molar-refractivity contribution in [1.29, 1.82) is 0 Å². The zero-order valence-corrected chi connectivity index (χ0v) is 20.5. The number of urea groups is 1. The molecule has 33 heavy (non-hydrogen) atoms. The van der Waals surface area contributed by atoms with Crippen LogP contribution < -0.4 is 10.6 Å². The normalized spacial score (nSPS) is 14.5. The second-order valence-electron chi connectivity index (χ2n) is 9.28. The SMILES string of the molecule is CC(C)(C)OC(=O)N(CCCNC(=O)Nc1nnc(C2CCCCC2)s1)Cc1cccnc1. The maximum atomic E-state index is 12.6. The number of rotatable bonds is 8. The number of carbonyl (C=O) groups excluding carboxylic acids is 2. The zero-order valence-electron chi connectivity index (χ0n) is 19.7. The standard InChI is InChI=1S/C23H34N6O3S/c1-23(2,3)32-22(31)29(16-17-9-7-12-24-15-17)14-8-13-25-20(30)26-21-28-27-19(33-21)18-10-5-4-6-11-18/h7,9,12,15,18H,4-6,8,10-11,13-14,16H2,1-3H3,(H2,25,26,28,30). The van der Waals surface area contributed by atoms with E-state index < -0.39 is 5.60 Å². The molecule has 0 aliphatic heterocycles. The number of nitrogens with one attached hydrogen (secondary N) is 2. The van der Waals surface area contributed by atoms with Crippen molar-refractivity contribution in [2.75, 3.05) is 18.4 Å². The number of aromatic nitrogens is 3. The van der Waals surface area contributed by atoms with Crippen molar-refractivity contribution in [2.24, 2.45) is 0 Å². The largest absolute Gasteiger partial charge is 0.444 e. The van der Waals surface area contributed by atoms with E-state index in [0.29, 0.717) is 37.1 Å². The van der Waals surface area contributed by atoms with Crippen LogP contribution in [0.4, 0.5) is 14.7 Å². The Bertz CT molecular complexity index is 893. The number of hydrogen-bond donors (Lipinski definition) is 2. The summed E-state index contributed by atoms with van der Waals surface area (Å²) < 4.78 is 5.53. The predicted molar refractivity (Wildman–Crippen MR) is 128 cm³/mol. The van der Waals surface area contributed by atoms with E-state index in [-0.39, 0.29) is 12.1 Å². The second-order valence-corrected chi connectivity index (χ2v) is 10.3. The van der Waals surface area contributed by atoms with Crippen LogP contribution in [0.1, 0.15) is 75.8 Å². The number of ether oxygens (including phenoxy) is 1. The Kier molecular flexibility index (Phi) is 8.99. The maximum Gasteiger partial charge on any atom is 0.410 e. The van der Waals surface area contributed by atoms with Gasteiger partial charge in [-0.1, -0.05) is 36.7 Å². The van der Waals surface area contributed by atoms with Crippen LogP contribution in [0.5, 0.6) is 0 Å². The Morgan fingerprint density at radius 3 is 2.70 bits per heavy atom. The molecule has 0 bridgehead atoms. The molecule has 1 fully saturated rings. The summed E-state index contributed by atoms with van der Waals surface area (Å²) in [7, 11) is 0. The molecule has 2 aromatic heterocycles. The summed E-state index contributed by atoms with van der Waals surface area (Å²) in [6.07, 6.45) is 9.66. The number of nitrogens with zero attached hydrogens (tertiary/aromatic N) is 4. The van der Waals surface area contributed by atoms with E-state index in [0.717, 1.165) is 23.4 Å². The fraction of sp³-hybridized carbons (Fsp3) is 0.609. The highest BCUT2D eigenvalue weighted by molar-refractivity contribution is 7.15. The Morgan fingerprint density at radius 2 is 2.00 bits per heavy atom. The van der Waals surface area contributed by atoms with Crippen molar-refractivity contribution in [1.82, 2.24) is 25.4 Å². The lowest BCUT2D eigenvalue weighted by Crippen LogP contribution is -2.38. The van der Waals surface area contributed by atoms with Crippen molar-refractivity contribution < 1.29 is 14.3 Å². The van der Waals surface area contributed by atoms with Crippen LogP contribution in [0.25, 0.3) is 0 Å². The highest BCUT2D eigenvalue weighted by Gasteiger charge is 2.23. The van der Waals surface area contributed by atoms with Crippen molar-refractivity contribution in [3.8, 4) is 0 Å². The van der Waals surface area contributed by atoms with Gasteiger partial charge in [-0.25, -0.2) is 9.59 Å². The van der Waals surface area contributed by atoms with Gasteiger partial charge in [0.05, 0.1) is 6.54 Å². The first kappa shape index (κ1) is 24.9. The highest BCUT2D eigenvalue weighted by Crippen LogP contribution is 2.35. The Labute approximate surface area is 199 Å². The molecule has 3 rings (SSSR count). The Hall–Kier alpha value is -2.75. The van der Waals surface area contributed by atoms with Crippen molar-refractivity contribution >= 4 is 28.6 Å². The minimum absolute atomic E-state index is 0.322. The fourth-order valence-corrected chi connectivity index (χ4v) is 4.59. The molecule has 10 heteroatoms. The van der Waals surface area contributed by atoms with E-state index in [4.69, 9.17) is 4.74 Å². The average molecular weight is 475 g/mol. The summed E-state index contributed by atoms with van der Waals surface area (Å²) in [5.41, 5.74) is 0.333. The number of carbonyl (C=O) groups is 2. The topological polar surface area (TPSA) is 109 Å². The lowest BCUT2D eigenvalue weighted by atomic mass is 9.90. The first-order valence-electron chi connectivity index (χ1n) is 11.6. The Morgan fingerprint density at radius 1 is 1.21 bits per heavy atom. The van der Waals surface area contributed by atoms with Crippen LogP contribution in [0.15, 0.2) is 24.5 Å². The second kappa shape index (κ2) is 11.9. The molecule has 0 saturated heterocycles. The van der Waals surface area contributed by atoms with Gasteiger partial charge in [-0.15, -0.1) is 10.2 Å². The van der Waals surface area contributed by atoms with Gasteiger partial charge in [-0.2, -0.15) is 0 Å². The summed E-state index contributed by atoms with van der Waals surface area (Å²) >= 11 is 1.45. The minimum atomic E-state index is -0.583.